The number of aliphatic carboxylic acids is 1. The molecule has 0 aromatic heterocycles. The van der Waals surface area contributed by atoms with Crippen molar-refractivity contribution in [2.24, 2.45) is 0 Å². The summed E-state index contributed by atoms with van der Waals surface area (Å²) in [7, 11) is 0. The summed E-state index contributed by atoms with van der Waals surface area (Å²) in [6.07, 6.45) is 0.334. The number of carboxylic acid groups (broad SMARTS) is 1. The quantitative estimate of drug-likeness (QED) is 0.658. The second-order valence-corrected chi connectivity index (χ2v) is 5.49. The Kier molecular flexibility index (Phi) is 4.70. The van der Waals surface area contributed by atoms with Crippen LogP contribution >= 0.6 is 15.9 Å². The van der Waals surface area contributed by atoms with Crippen LogP contribution in [-0.2, 0) is 11.2 Å². The Balaban J connectivity index is 2.24. The van der Waals surface area contributed by atoms with E-state index in [0.717, 1.165) is 10.0 Å². The van der Waals surface area contributed by atoms with Crippen LogP contribution in [0.3, 0.4) is 0 Å². The highest BCUT2D eigenvalue weighted by Gasteiger charge is 2.21. The minimum absolute atomic E-state index is 0.0495. The number of carbonyl (C=O) groups is 1. The lowest BCUT2D eigenvalue weighted by Crippen LogP contribution is -2.14. The fourth-order valence-corrected chi connectivity index (χ4v) is 2.30. The molecule has 0 heterocycles. The second kappa shape index (κ2) is 6.49. The number of nitro benzene ring substituents is 1. The number of hydrogen-bond donors (Lipinski definition) is 1. The molecule has 2 aromatic rings. The molecule has 1 atom stereocenters. The highest BCUT2D eigenvalue weighted by molar-refractivity contribution is 9.10. The van der Waals surface area contributed by atoms with E-state index in [1.807, 2.05) is 24.3 Å². The van der Waals surface area contributed by atoms with E-state index in [2.05, 4.69) is 15.9 Å². The average Bonchev–Trinajstić information content (AvgIpc) is 2.46. The lowest BCUT2D eigenvalue weighted by atomic mass is 9.92. The van der Waals surface area contributed by atoms with Crippen LogP contribution in [0.1, 0.15) is 17.0 Å². The molecule has 21 heavy (non-hydrogen) atoms. The normalized spacial score (nSPS) is 11.9. The Morgan fingerprint density at radius 3 is 2.19 bits per heavy atom. The number of hydrogen-bond acceptors (Lipinski definition) is 3. The van der Waals surface area contributed by atoms with Gasteiger partial charge in [0.15, 0.2) is 0 Å². The van der Waals surface area contributed by atoms with Crippen molar-refractivity contribution in [1.29, 1.82) is 0 Å². The highest BCUT2D eigenvalue weighted by atomic mass is 79.9. The molecule has 1 N–H and O–H groups in total. The molecule has 0 amide bonds. The molecule has 108 valence electrons. The molecule has 0 aliphatic carbocycles. The molecular formula is C15H12BrNO4. The van der Waals surface area contributed by atoms with Gasteiger partial charge in [0.05, 0.1) is 10.8 Å². The van der Waals surface area contributed by atoms with Crippen molar-refractivity contribution in [3.8, 4) is 0 Å². The summed E-state index contributed by atoms with van der Waals surface area (Å²) in [6, 6.07) is 13.1. The first-order valence-electron chi connectivity index (χ1n) is 6.19. The van der Waals surface area contributed by atoms with Gasteiger partial charge < -0.3 is 5.11 Å². The van der Waals surface area contributed by atoms with Crippen molar-refractivity contribution >= 4 is 27.6 Å². The Labute approximate surface area is 129 Å². The fraction of sp³-hybridized carbons (Fsp3) is 0.133. The van der Waals surface area contributed by atoms with Gasteiger partial charge in [-0.05, 0) is 29.7 Å². The number of nitro groups is 1. The number of benzene rings is 2. The number of carboxylic acids is 1. The summed E-state index contributed by atoms with van der Waals surface area (Å²) in [5.41, 5.74) is 1.39. The van der Waals surface area contributed by atoms with Crippen molar-refractivity contribution in [3.63, 3.8) is 0 Å². The number of non-ortho nitro benzene ring substituents is 1. The number of rotatable bonds is 5. The zero-order valence-electron chi connectivity index (χ0n) is 10.9. The van der Waals surface area contributed by atoms with E-state index in [9.17, 15) is 20.0 Å². The molecular weight excluding hydrogens is 338 g/mol. The Morgan fingerprint density at radius 1 is 1.14 bits per heavy atom. The Hall–Kier alpha value is -2.21. The molecule has 6 heteroatoms. The van der Waals surface area contributed by atoms with Gasteiger partial charge in [-0.2, -0.15) is 0 Å². The van der Waals surface area contributed by atoms with Crippen LogP contribution in [0.4, 0.5) is 5.69 Å². The van der Waals surface area contributed by atoms with E-state index in [-0.39, 0.29) is 5.69 Å². The maximum absolute atomic E-state index is 11.4. The van der Waals surface area contributed by atoms with E-state index in [4.69, 9.17) is 0 Å². The largest absolute Gasteiger partial charge is 0.481 e. The molecule has 0 bridgehead atoms. The van der Waals surface area contributed by atoms with Gasteiger partial charge in [-0.15, -0.1) is 0 Å². The maximum Gasteiger partial charge on any atom is 0.311 e. The van der Waals surface area contributed by atoms with E-state index in [1.54, 1.807) is 0 Å². The van der Waals surface area contributed by atoms with E-state index >= 15 is 0 Å². The minimum atomic E-state index is -0.952. The average molecular weight is 350 g/mol. The second-order valence-electron chi connectivity index (χ2n) is 4.57. The molecule has 0 saturated carbocycles. The summed E-state index contributed by atoms with van der Waals surface area (Å²) < 4.78 is 0.925. The molecule has 5 nitrogen and oxygen atoms in total. The van der Waals surface area contributed by atoms with Gasteiger partial charge >= 0.3 is 5.97 Å². The van der Waals surface area contributed by atoms with Crippen LogP contribution < -0.4 is 0 Å². The standard InChI is InChI=1S/C15H12BrNO4/c16-12-5-1-10(2-6-12)9-14(15(18)19)11-3-7-13(8-4-11)17(20)21/h1-8,14H,9H2,(H,18,19). The molecule has 1 unspecified atom stereocenters. The van der Waals surface area contributed by atoms with Crippen molar-refractivity contribution in [2.75, 3.05) is 0 Å². The Bertz CT molecular complexity index is 652. The number of nitrogens with zero attached hydrogens (tertiary/aromatic N) is 1. The summed E-state index contributed by atoms with van der Waals surface area (Å²) in [4.78, 5) is 21.6. The van der Waals surface area contributed by atoms with Crippen LogP contribution in [0.2, 0.25) is 0 Å². The summed E-state index contributed by atoms with van der Waals surface area (Å²) >= 11 is 3.33. The SMILES string of the molecule is O=C(O)C(Cc1ccc(Br)cc1)c1ccc([N+](=O)[O-])cc1. The van der Waals surface area contributed by atoms with Crippen LogP contribution in [0, 0.1) is 10.1 Å². The maximum atomic E-state index is 11.4. The van der Waals surface area contributed by atoms with Gasteiger partial charge in [-0.25, -0.2) is 0 Å². The topological polar surface area (TPSA) is 80.4 Å². The van der Waals surface area contributed by atoms with Gasteiger partial charge in [-0.3, -0.25) is 14.9 Å². The van der Waals surface area contributed by atoms with Crippen LogP contribution in [0.15, 0.2) is 53.0 Å². The van der Waals surface area contributed by atoms with Crippen LogP contribution in [-0.4, -0.2) is 16.0 Å². The zero-order chi connectivity index (χ0) is 15.4. The predicted molar refractivity (Wildman–Crippen MR) is 81.3 cm³/mol. The fourth-order valence-electron chi connectivity index (χ4n) is 2.03. The first kappa shape index (κ1) is 15.2. The van der Waals surface area contributed by atoms with Gasteiger partial charge in [0.25, 0.3) is 5.69 Å². The third-order valence-electron chi connectivity index (χ3n) is 3.16. The lowest BCUT2D eigenvalue weighted by Gasteiger charge is -2.13. The number of halogens is 1. The molecule has 0 fully saturated rings. The molecule has 0 radical (unpaired) electrons. The van der Waals surface area contributed by atoms with Gasteiger partial charge in [0, 0.05) is 16.6 Å². The third kappa shape index (κ3) is 3.88. The van der Waals surface area contributed by atoms with Crippen LogP contribution in [0.25, 0.3) is 0 Å². The molecule has 0 spiro atoms. The minimum Gasteiger partial charge on any atom is -0.481 e. The molecule has 0 aliphatic rings. The summed E-state index contributed by atoms with van der Waals surface area (Å²) in [6.45, 7) is 0. The van der Waals surface area contributed by atoms with E-state index < -0.39 is 16.8 Å². The van der Waals surface area contributed by atoms with Gasteiger partial charge in [0.2, 0.25) is 0 Å². The first-order valence-corrected chi connectivity index (χ1v) is 6.98. The van der Waals surface area contributed by atoms with Gasteiger partial charge in [0.1, 0.15) is 0 Å². The summed E-state index contributed by atoms with van der Waals surface area (Å²) in [5, 5.41) is 20.0. The molecule has 2 rings (SSSR count). The third-order valence-corrected chi connectivity index (χ3v) is 3.69. The van der Waals surface area contributed by atoms with Crippen molar-refractivity contribution < 1.29 is 14.8 Å². The van der Waals surface area contributed by atoms with E-state index in [0.29, 0.717) is 12.0 Å². The molecule has 0 aliphatic heterocycles. The molecule has 2 aromatic carbocycles. The smallest absolute Gasteiger partial charge is 0.311 e. The van der Waals surface area contributed by atoms with Crippen molar-refractivity contribution in [1.82, 2.24) is 0 Å². The molecule has 0 saturated heterocycles. The zero-order valence-corrected chi connectivity index (χ0v) is 12.5. The monoisotopic (exact) mass is 349 g/mol. The summed E-state index contributed by atoms with van der Waals surface area (Å²) in [5.74, 6) is -1.68. The van der Waals surface area contributed by atoms with Gasteiger partial charge in [-0.1, -0.05) is 40.2 Å². The lowest BCUT2D eigenvalue weighted by molar-refractivity contribution is -0.384. The Morgan fingerprint density at radius 2 is 1.71 bits per heavy atom. The van der Waals surface area contributed by atoms with Crippen LogP contribution in [0.5, 0.6) is 0 Å². The first-order chi connectivity index (χ1) is 9.97. The highest BCUT2D eigenvalue weighted by Crippen LogP contribution is 2.24. The predicted octanol–water partition coefficient (Wildman–Crippen LogP) is 3.77. The van der Waals surface area contributed by atoms with E-state index in [1.165, 1.54) is 24.3 Å². The van der Waals surface area contributed by atoms with Crippen molar-refractivity contribution in [2.45, 2.75) is 12.3 Å². The van der Waals surface area contributed by atoms with Crippen molar-refractivity contribution in [3.05, 3.63) is 74.2 Å².